The standard InChI is InChI=1S/C10H18NO4/c1-5-10(13)14-8-6-7-11(3,4)15-9(2)12/h5H,1,6-8H2,2-4H3/q+1. The van der Waals surface area contributed by atoms with Gasteiger partial charge in [0.1, 0.15) is 20.6 Å². The van der Waals surface area contributed by atoms with Crippen molar-refractivity contribution in [1.29, 1.82) is 0 Å². The van der Waals surface area contributed by atoms with E-state index in [1.165, 1.54) is 6.92 Å². The van der Waals surface area contributed by atoms with Crippen molar-refractivity contribution >= 4 is 11.9 Å². The first-order chi connectivity index (χ1) is 6.87. The van der Waals surface area contributed by atoms with Crippen LogP contribution in [0.5, 0.6) is 0 Å². The minimum Gasteiger partial charge on any atom is -0.462 e. The Morgan fingerprint density at radius 1 is 1.40 bits per heavy atom. The van der Waals surface area contributed by atoms with E-state index in [2.05, 4.69) is 6.58 Å². The van der Waals surface area contributed by atoms with Crippen LogP contribution in [0.4, 0.5) is 0 Å². The van der Waals surface area contributed by atoms with E-state index in [4.69, 9.17) is 9.57 Å². The maximum atomic E-state index is 10.7. The molecule has 5 nitrogen and oxygen atoms in total. The summed E-state index contributed by atoms with van der Waals surface area (Å²) in [6.07, 6.45) is 1.74. The van der Waals surface area contributed by atoms with Gasteiger partial charge in [-0.1, -0.05) is 6.58 Å². The number of nitrogens with zero attached hydrogens (tertiary/aromatic N) is 1. The van der Waals surface area contributed by atoms with Gasteiger partial charge in [-0.15, -0.1) is 4.65 Å². The zero-order valence-electron chi connectivity index (χ0n) is 9.49. The summed E-state index contributed by atoms with van der Waals surface area (Å²) in [4.78, 5) is 26.4. The second-order valence-corrected chi connectivity index (χ2v) is 3.61. The van der Waals surface area contributed by atoms with E-state index in [9.17, 15) is 9.59 Å². The second-order valence-electron chi connectivity index (χ2n) is 3.61. The molecule has 0 aromatic heterocycles. The fraction of sp³-hybridized carbons (Fsp3) is 0.600. The third kappa shape index (κ3) is 7.69. The van der Waals surface area contributed by atoms with Crippen molar-refractivity contribution in [3.63, 3.8) is 0 Å². The van der Waals surface area contributed by atoms with Gasteiger partial charge in [-0.3, -0.25) is 4.84 Å². The molecule has 0 aromatic carbocycles. The molecule has 0 aromatic rings. The number of ether oxygens (including phenoxy) is 1. The van der Waals surface area contributed by atoms with Crippen LogP contribution >= 0.6 is 0 Å². The van der Waals surface area contributed by atoms with Crippen molar-refractivity contribution in [1.82, 2.24) is 0 Å². The van der Waals surface area contributed by atoms with Crippen LogP contribution < -0.4 is 0 Å². The molecule has 5 heteroatoms. The Morgan fingerprint density at radius 3 is 2.47 bits per heavy atom. The molecule has 0 bridgehead atoms. The summed E-state index contributed by atoms with van der Waals surface area (Å²) in [5.41, 5.74) is 0. The molecule has 0 atom stereocenters. The Hall–Kier alpha value is -1.36. The van der Waals surface area contributed by atoms with Crippen LogP contribution in [0.2, 0.25) is 0 Å². The Bertz CT molecular complexity index is 248. The smallest absolute Gasteiger partial charge is 0.363 e. The molecule has 0 saturated carbocycles. The lowest BCUT2D eigenvalue weighted by Gasteiger charge is -2.25. The van der Waals surface area contributed by atoms with Gasteiger partial charge in [-0.25, -0.2) is 9.59 Å². The molecule has 0 aliphatic rings. The first-order valence-electron chi connectivity index (χ1n) is 4.70. The largest absolute Gasteiger partial charge is 0.462 e. The van der Waals surface area contributed by atoms with Crippen molar-refractivity contribution < 1.29 is 23.8 Å². The molecule has 0 rings (SSSR count). The molecular weight excluding hydrogens is 198 g/mol. The molecule has 0 fully saturated rings. The van der Waals surface area contributed by atoms with E-state index in [-0.39, 0.29) is 10.6 Å². The lowest BCUT2D eigenvalue weighted by Crippen LogP contribution is -2.42. The quantitative estimate of drug-likeness (QED) is 0.215. The van der Waals surface area contributed by atoms with Crippen LogP contribution in [0.25, 0.3) is 0 Å². The number of hydrogen-bond acceptors (Lipinski definition) is 4. The van der Waals surface area contributed by atoms with Crippen LogP contribution in [0.3, 0.4) is 0 Å². The zero-order chi connectivity index (χ0) is 11.9. The highest BCUT2D eigenvalue weighted by molar-refractivity contribution is 5.81. The number of carbonyl (C=O) groups is 2. The molecule has 0 heterocycles. The maximum Gasteiger partial charge on any atom is 0.363 e. The fourth-order valence-electron chi connectivity index (χ4n) is 1.07. The summed E-state index contributed by atoms with van der Waals surface area (Å²) >= 11 is 0. The summed E-state index contributed by atoms with van der Waals surface area (Å²) in [5.74, 6) is -0.768. The molecule has 0 amide bonds. The Morgan fingerprint density at radius 2 is 2.00 bits per heavy atom. The highest BCUT2D eigenvalue weighted by Gasteiger charge is 2.19. The lowest BCUT2D eigenvalue weighted by atomic mass is 10.4. The monoisotopic (exact) mass is 216 g/mol. The summed E-state index contributed by atoms with van der Waals surface area (Å²) in [6, 6.07) is 0. The first kappa shape index (κ1) is 13.6. The van der Waals surface area contributed by atoms with Crippen LogP contribution in [0.15, 0.2) is 12.7 Å². The third-order valence-electron chi connectivity index (χ3n) is 1.63. The molecule has 86 valence electrons. The summed E-state index contributed by atoms with van der Waals surface area (Å²) < 4.78 is 4.91. The number of hydrogen-bond donors (Lipinski definition) is 0. The molecule has 0 aliphatic carbocycles. The van der Waals surface area contributed by atoms with Crippen LogP contribution in [-0.4, -0.2) is 43.8 Å². The lowest BCUT2D eigenvalue weighted by molar-refractivity contribution is -1.06. The summed E-state index contributed by atoms with van der Waals surface area (Å²) in [7, 11) is 3.52. The predicted molar refractivity (Wildman–Crippen MR) is 54.5 cm³/mol. The number of quaternary nitrogens is 1. The molecule has 0 saturated heterocycles. The highest BCUT2D eigenvalue weighted by atomic mass is 16.7. The minimum absolute atomic E-state index is 0.126. The van der Waals surface area contributed by atoms with Gasteiger partial charge < -0.3 is 4.74 Å². The molecule has 0 radical (unpaired) electrons. The van der Waals surface area contributed by atoms with E-state index in [1.54, 1.807) is 14.1 Å². The fourth-order valence-corrected chi connectivity index (χ4v) is 1.07. The third-order valence-corrected chi connectivity index (χ3v) is 1.63. The minimum atomic E-state index is -0.437. The van der Waals surface area contributed by atoms with Gasteiger partial charge in [0.2, 0.25) is 0 Å². The molecule has 0 aliphatic heterocycles. The SMILES string of the molecule is C=CC(=O)OCCC[N+](C)(C)OC(C)=O. The van der Waals surface area contributed by atoms with Gasteiger partial charge >= 0.3 is 11.9 Å². The van der Waals surface area contributed by atoms with Gasteiger partial charge in [0.15, 0.2) is 0 Å². The molecule has 15 heavy (non-hydrogen) atoms. The average Bonchev–Trinajstić information content (AvgIpc) is 2.10. The Labute approximate surface area is 89.8 Å². The van der Waals surface area contributed by atoms with E-state index >= 15 is 0 Å². The number of carbonyl (C=O) groups excluding carboxylic acids is 2. The Balaban J connectivity index is 3.70. The first-order valence-corrected chi connectivity index (χ1v) is 4.70. The van der Waals surface area contributed by atoms with Gasteiger partial charge in [0, 0.05) is 19.4 Å². The van der Waals surface area contributed by atoms with Gasteiger partial charge in [0.05, 0.1) is 6.61 Å². The maximum absolute atomic E-state index is 10.7. The topological polar surface area (TPSA) is 52.6 Å². The van der Waals surface area contributed by atoms with E-state index in [0.29, 0.717) is 19.6 Å². The summed E-state index contributed by atoms with van der Waals surface area (Å²) in [5, 5.41) is 0. The molecule has 0 unspecified atom stereocenters. The van der Waals surface area contributed by atoms with E-state index < -0.39 is 5.97 Å². The Kier molecular flexibility index (Phi) is 5.62. The van der Waals surface area contributed by atoms with Crippen molar-refractivity contribution in [2.24, 2.45) is 0 Å². The molecular formula is C10H18NO4+. The predicted octanol–water partition coefficient (Wildman–Crippen LogP) is 0.660. The van der Waals surface area contributed by atoms with E-state index in [1.807, 2.05) is 0 Å². The average molecular weight is 216 g/mol. The van der Waals surface area contributed by atoms with Gasteiger partial charge in [0.25, 0.3) is 0 Å². The zero-order valence-corrected chi connectivity index (χ0v) is 9.49. The van der Waals surface area contributed by atoms with Crippen molar-refractivity contribution in [3.05, 3.63) is 12.7 Å². The number of esters is 1. The van der Waals surface area contributed by atoms with Crippen molar-refractivity contribution in [2.45, 2.75) is 13.3 Å². The van der Waals surface area contributed by atoms with Gasteiger partial charge in [-0.05, 0) is 0 Å². The summed E-state index contributed by atoms with van der Waals surface area (Å²) in [6.45, 7) is 5.53. The van der Waals surface area contributed by atoms with Gasteiger partial charge in [-0.2, -0.15) is 0 Å². The van der Waals surface area contributed by atoms with Crippen LogP contribution in [-0.2, 0) is 19.2 Å². The van der Waals surface area contributed by atoms with Crippen LogP contribution in [0, 0.1) is 0 Å². The van der Waals surface area contributed by atoms with E-state index in [0.717, 1.165) is 6.08 Å². The van der Waals surface area contributed by atoms with Crippen molar-refractivity contribution in [2.75, 3.05) is 27.2 Å². The molecule has 0 N–H and O–H groups in total. The molecule has 0 spiro atoms. The van der Waals surface area contributed by atoms with Crippen molar-refractivity contribution in [3.8, 4) is 0 Å². The second kappa shape index (κ2) is 6.19. The van der Waals surface area contributed by atoms with Crippen LogP contribution in [0.1, 0.15) is 13.3 Å². The highest BCUT2D eigenvalue weighted by Crippen LogP contribution is 2.01. The normalized spacial score (nSPS) is 10.6. The number of rotatable bonds is 6. The number of hydroxylamine groups is 3.